The van der Waals surface area contributed by atoms with E-state index in [-0.39, 0.29) is 18.0 Å². The molecule has 0 aromatic carbocycles. The Labute approximate surface area is 124 Å². The van der Waals surface area contributed by atoms with Gasteiger partial charge in [0.05, 0.1) is 23.5 Å². The van der Waals surface area contributed by atoms with Gasteiger partial charge in [-0.1, -0.05) is 12.2 Å². The van der Waals surface area contributed by atoms with E-state index in [1.165, 1.54) is 0 Å². The third-order valence-corrected chi connectivity index (χ3v) is 5.32. The van der Waals surface area contributed by atoms with Crippen LogP contribution in [0.4, 0.5) is 0 Å². The van der Waals surface area contributed by atoms with Crippen molar-refractivity contribution in [3.63, 3.8) is 0 Å². The molecule has 3 aliphatic rings. The highest BCUT2D eigenvalue weighted by Crippen LogP contribution is 2.57. The van der Waals surface area contributed by atoms with Gasteiger partial charge in [0.25, 0.3) is 0 Å². The van der Waals surface area contributed by atoms with E-state index in [1.54, 1.807) is 0 Å². The van der Waals surface area contributed by atoms with Crippen molar-refractivity contribution < 1.29 is 24.2 Å². The number of fused-ring (bicyclic) bond motifs is 1. The van der Waals surface area contributed by atoms with Gasteiger partial charge in [-0.3, -0.25) is 9.59 Å². The smallest absolute Gasteiger partial charge is 0.309 e. The Morgan fingerprint density at radius 1 is 1.43 bits per heavy atom. The maximum Gasteiger partial charge on any atom is 0.309 e. The third-order valence-electron chi connectivity index (χ3n) is 5.32. The van der Waals surface area contributed by atoms with Crippen molar-refractivity contribution in [2.45, 2.75) is 63.9 Å². The summed E-state index contributed by atoms with van der Waals surface area (Å²) in [5.41, 5.74) is -0.856. The predicted octanol–water partition coefficient (Wildman–Crippen LogP) is 2.30. The first-order valence-corrected chi connectivity index (χ1v) is 7.66. The predicted molar refractivity (Wildman–Crippen MR) is 74.6 cm³/mol. The summed E-state index contributed by atoms with van der Waals surface area (Å²) in [5.74, 6) is -2.39. The van der Waals surface area contributed by atoms with Crippen LogP contribution in [0.1, 0.15) is 46.0 Å². The van der Waals surface area contributed by atoms with Crippen molar-refractivity contribution in [2.24, 2.45) is 11.3 Å². The van der Waals surface area contributed by atoms with Crippen molar-refractivity contribution in [3.05, 3.63) is 12.2 Å². The number of carboxylic acids is 1. The maximum atomic E-state index is 12.5. The molecule has 5 nitrogen and oxygen atoms in total. The number of Topliss-reactive ketones (excluding diaryl/α,β-unsaturated/α-hetero) is 1. The van der Waals surface area contributed by atoms with Crippen LogP contribution in [0.15, 0.2) is 12.2 Å². The molecule has 5 unspecified atom stereocenters. The first-order chi connectivity index (χ1) is 9.92. The molecule has 0 radical (unpaired) electrons. The molecule has 2 saturated heterocycles. The number of carboxylic acid groups (broad SMARTS) is 1. The lowest BCUT2D eigenvalue weighted by molar-refractivity contribution is -0.382. The van der Waals surface area contributed by atoms with Gasteiger partial charge in [-0.15, -0.1) is 0 Å². The topological polar surface area (TPSA) is 72.8 Å². The van der Waals surface area contributed by atoms with Gasteiger partial charge in [0.15, 0.2) is 5.79 Å². The summed E-state index contributed by atoms with van der Waals surface area (Å²) in [6.07, 6.45) is 6.00. The normalized spacial score (nSPS) is 46.4. The lowest BCUT2D eigenvalue weighted by Crippen LogP contribution is -2.68. The Bertz CT molecular complexity index is 499. The van der Waals surface area contributed by atoms with Gasteiger partial charge in [-0.2, -0.15) is 0 Å². The molecule has 116 valence electrons. The van der Waals surface area contributed by atoms with Gasteiger partial charge in [-0.05, 0) is 26.7 Å². The highest BCUT2D eigenvalue weighted by Gasteiger charge is 2.65. The molecule has 3 fully saturated rings. The minimum Gasteiger partial charge on any atom is -0.481 e. The van der Waals surface area contributed by atoms with E-state index in [1.807, 2.05) is 26.0 Å². The Morgan fingerprint density at radius 2 is 2.19 bits per heavy atom. The van der Waals surface area contributed by atoms with Crippen LogP contribution in [0.5, 0.6) is 0 Å². The third kappa shape index (κ3) is 2.06. The molecule has 21 heavy (non-hydrogen) atoms. The maximum absolute atomic E-state index is 12.5. The Kier molecular flexibility index (Phi) is 3.45. The van der Waals surface area contributed by atoms with E-state index in [4.69, 9.17) is 9.47 Å². The number of hydrogen-bond acceptors (Lipinski definition) is 4. The molecule has 0 aromatic heterocycles. The molecule has 1 N–H and O–H groups in total. The number of aliphatic carboxylic acids is 1. The van der Waals surface area contributed by atoms with E-state index in [0.29, 0.717) is 25.7 Å². The van der Waals surface area contributed by atoms with Crippen LogP contribution in [0, 0.1) is 11.3 Å². The molecule has 2 bridgehead atoms. The van der Waals surface area contributed by atoms with Crippen LogP contribution in [-0.4, -0.2) is 34.9 Å². The van der Waals surface area contributed by atoms with E-state index < -0.39 is 23.1 Å². The van der Waals surface area contributed by atoms with Crippen molar-refractivity contribution in [2.75, 3.05) is 0 Å². The molecule has 5 heteroatoms. The zero-order valence-electron chi connectivity index (χ0n) is 12.5. The summed E-state index contributed by atoms with van der Waals surface area (Å²) in [6.45, 7) is 3.73. The molecule has 0 aromatic rings. The molecule has 0 amide bonds. The number of carbonyl (C=O) groups excluding carboxylic acids is 1. The van der Waals surface area contributed by atoms with Gasteiger partial charge < -0.3 is 14.6 Å². The van der Waals surface area contributed by atoms with Gasteiger partial charge in [0.2, 0.25) is 0 Å². The Morgan fingerprint density at radius 3 is 2.86 bits per heavy atom. The summed E-state index contributed by atoms with van der Waals surface area (Å²) < 4.78 is 12.2. The van der Waals surface area contributed by atoms with Crippen molar-refractivity contribution >= 4 is 11.8 Å². The Hall–Kier alpha value is -1.20. The molecule has 1 spiro atoms. The van der Waals surface area contributed by atoms with Gasteiger partial charge >= 0.3 is 5.97 Å². The minimum absolute atomic E-state index is 0.0691. The monoisotopic (exact) mass is 294 g/mol. The van der Waals surface area contributed by atoms with E-state index in [9.17, 15) is 14.7 Å². The average molecular weight is 294 g/mol. The van der Waals surface area contributed by atoms with E-state index in [2.05, 4.69) is 0 Å². The fourth-order valence-corrected chi connectivity index (χ4v) is 4.13. The zero-order chi connectivity index (χ0) is 15.3. The molecular formula is C16H22O5. The molecule has 1 aliphatic carbocycles. The first-order valence-electron chi connectivity index (χ1n) is 7.66. The molecule has 2 aliphatic heterocycles. The second-order valence-electron chi connectivity index (χ2n) is 6.58. The van der Waals surface area contributed by atoms with Crippen LogP contribution >= 0.6 is 0 Å². The fraction of sp³-hybridized carbons (Fsp3) is 0.750. The summed E-state index contributed by atoms with van der Waals surface area (Å²) >= 11 is 0. The summed E-state index contributed by atoms with van der Waals surface area (Å²) in [7, 11) is 0. The first kappa shape index (κ1) is 14.7. The lowest BCUT2D eigenvalue weighted by atomic mass is 9.61. The molecular weight excluding hydrogens is 272 g/mol. The Balaban J connectivity index is 2.03. The van der Waals surface area contributed by atoms with Gasteiger partial charge in [0.1, 0.15) is 5.78 Å². The number of ketones is 1. The zero-order valence-corrected chi connectivity index (χ0v) is 12.5. The van der Waals surface area contributed by atoms with Crippen LogP contribution < -0.4 is 0 Å². The highest BCUT2D eigenvalue weighted by atomic mass is 16.7. The molecule has 5 atom stereocenters. The number of ether oxygens (including phenoxy) is 2. The molecule has 1 saturated carbocycles. The van der Waals surface area contributed by atoms with Crippen molar-refractivity contribution in [1.29, 1.82) is 0 Å². The summed E-state index contributed by atoms with van der Waals surface area (Å²) in [5, 5.41) is 9.50. The van der Waals surface area contributed by atoms with Gasteiger partial charge in [0, 0.05) is 19.3 Å². The van der Waals surface area contributed by atoms with Gasteiger partial charge in [-0.25, -0.2) is 0 Å². The number of allylic oxidation sites excluding steroid dienone is 1. The quantitative estimate of drug-likeness (QED) is 0.791. The molecule has 2 heterocycles. The van der Waals surface area contributed by atoms with Crippen LogP contribution in [-0.2, 0) is 19.1 Å². The second-order valence-corrected chi connectivity index (χ2v) is 6.58. The van der Waals surface area contributed by atoms with Crippen LogP contribution in [0.3, 0.4) is 0 Å². The molecule has 3 rings (SSSR count). The number of carbonyl (C=O) groups is 2. The summed E-state index contributed by atoms with van der Waals surface area (Å²) in [4.78, 5) is 24.1. The standard InChI is InChI=1S/C16H22O5/c1-3-5-10-8-12-11(14(18)19)9-15(2)13(17)6-4-7-16(15,20-10)21-12/h3,5,10-12H,4,6-9H2,1-2H3,(H,18,19)/b5-3-. The number of hydrogen-bond donors (Lipinski definition) is 1. The SMILES string of the molecule is C/C=C\C1CC2OC3(CCCC(=O)C3(C)CC2C(=O)O)O1. The van der Waals surface area contributed by atoms with Crippen molar-refractivity contribution in [1.82, 2.24) is 0 Å². The van der Waals surface area contributed by atoms with Crippen LogP contribution in [0.25, 0.3) is 0 Å². The van der Waals surface area contributed by atoms with E-state index in [0.717, 1.165) is 6.42 Å². The summed E-state index contributed by atoms with van der Waals surface area (Å²) in [6, 6.07) is 0. The lowest BCUT2D eigenvalue weighted by Gasteiger charge is -2.59. The highest BCUT2D eigenvalue weighted by molar-refractivity contribution is 5.87. The van der Waals surface area contributed by atoms with E-state index >= 15 is 0 Å². The average Bonchev–Trinajstić information content (AvgIpc) is 2.41. The fourth-order valence-electron chi connectivity index (χ4n) is 4.13. The number of rotatable bonds is 2. The van der Waals surface area contributed by atoms with Crippen LogP contribution in [0.2, 0.25) is 0 Å². The van der Waals surface area contributed by atoms with Crippen molar-refractivity contribution in [3.8, 4) is 0 Å². The minimum atomic E-state index is -0.943. The largest absolute Gasteiger partial charge is 0.481 e. The second kappa shape index (κ2) is 4.92.